The summed E-state index contributed by atoms with van der Waals surface area (Å²) in [5.41, 5.74) is 1.81. The Morgan fingerprint density at radius 3 is 2.89 bits per heavy atom. The van der Waals surface area contributed by atoms with E-state index in [4.69, 9.17) is 16.3 Å². The van der Waals surface area contributed by atoms with Gasteiger partial charge < -0.3 is 4.74 Å². The number of aryl methyl sites for hydroxylation is 1. The maximum Gasteiger partial charge on any atom is 0.235 e. The van der Waals surface area contributed by atoms with E-state index in [1.807, 2.05) is 12.1 Å². The van der Waals surface area contributed by atoms with Crippen molar-refractivity contribution in [2.24, 2.45) is 0 Å². The van der Waals surface area contributed by atoms with E-state index >= 15 is 0 Å². The van der Waals surface area contributed by atoms with Gasteiger partial charge >= 0.3 is 0 Å². The SMILES string of the molecule is COc1ccc2c(c1)CCCN2S(=O)(=O)CCCCl. The average Bonchev–Trinajstić information content (AvgIpc) is 2.43. The van der Waals surface area contributed by atoms with Crippen molar-refractivity contribution in [1.29, 1.82) is 0 Å². The van der Waals surface area contributed by atoms with Gasteiger partial charge in [-0.25, -0.2) is 8.42 Å². The highest BCUT2D eigenvalue weighted by Crippen LogP contribution is 2.32. The predicted molar refractivity (Wildman–Crippen MR) is 77.8 cm³/mol. The molecular weight excluding hydrogens is 286 g/mol. The van der Waals surface area contributed by atoms with E-state index in [9.17, 15) is 8.42 Å². The number of alkyl halides is 1. The molecule has 0 saturated carbocycles. The lowest BCUT2D eigenvalue weighted by Gasteiger charge is -2.30. The van der Waals surface area contributed by atoms with Gasteiger partial charge in [0.15, 0.2) is 0 Å². The van der Waals surface area contributed by atoms with Crippen molar-refractivity contribution >= 4 is 27.3 Å². The summed E-state index contributed by atoms with van der Waals surface area (Å²) in [4.78, 5) is 0. The largest absolute Gasteiger partial charge is 0.497 e. The minimum atomic E-state index is -3.27. The molecule has 1 heterocycles. The topological polar surface area (TPSA) is 46.6 Å². The highest BCUT2D eigenvalue weighted by Gasteiger charge is 2.27. The van der Waals surface area contributed by atoms with Crippen LogP contribution in [0.4, 0.5) is 5.69 Å². The Hall–Kier alpha value is -0.940. The molecule has 0 spiro atoms. The second-order valence-electron chi connectivity index (χ2n) is 4.53. The zero-order valence-electron chi connectivity index (χ0n) is 10.9. The van der Waals surface area contributed by atoms with E-state index < -0.39 is 10.0 Å². The zero-order chi connectivity index (χ0) is 13.9. The third-order valence-electron chi connectivity index (χ3n) is 3.23. The van der Waals surface area contributed by atoms with Gasteiger partial charge in [-0.15, -0.1) is 11.6 Å². The van der Waals surface area contributed by atoms with Gasteiger partial charge in [0.25, 0.3) is 0 Å². The van der Waals surface area contributed by atoms with Crippen LogP contribution in [0, 0.1) is 0 Å². The van der Waals surface area contributed by atoms with Crippen LogP contribution in [-0.2, 0) is 16.4 Å². The number of hydrogen-bond donors (Lipinski definition) is 0. The first-order valence-corrected chi connectivity index (χ1v) is 8.46. The average molecular weight is 304 g/mol. The predicted octanol–water partition coefficient (Wildman–Crippen LogP) is 2.41. The van der Waals surface area contributed by atoms with Crippen LogP contribution in [0.3, 0.4) is 0 Å². The molecule has 0 amide bonds. The Kier molecular flexibility index (Phi) is 4.58. The zero-order valence-corrected chi connectivity index (χ0v) is 12.5. The van der Waals surface area contributed by atoms with Crippen molar-refractivity contribution in [2.75, 3.05) is 29.6 Å². The van der Waals surface area contributed by atoms with E-state index in [1.54, 1.807) is 13.2 Å². The summed E-state index contributed by atoms with van der Waals surface area (Å²) in [5.74, 6) is 1.23. The molecule has 4 nitrogen and oxygen atoms in total. The molecule has 1 aromatic carbocycles. The molecule has 0 atom stereocenters. The number of fused-ring (bicyclic) bond motifs is 1. The van der Waals surface area contributed by atoms with Crippen molar-refractivity contribution in [3.05, 3.63) is 23.8 Å². The van der Waals surface area contributed by atoms with Crippen LogP contribution < -0.4 is 9.04 Å². The number of halogens is 1. The minimum Gasteiger partial charge on any atom is -0.497 e. The van der Waals surface area contributed by atoms with Gasteiger partial charge in [0.1, 0.15) is 5.75 Å². The molecule has 0 radical (unpaired) electrons. The smallest absolute Gasteiger partial charge is 0.235 e. The summed E-state index contributed by atoms with van der Waals surface area (Å²) in [6, 6.07) is 5.54. The third-order valence-corrected chi connectivity index (χ3v) is 5.36. The fraction of sp³-hybridized carbons (Fsp3) is 0.538. The van der Waals surface area contributed by atoms with Crippen molar-refractivity contribution in [3.63, 3.8) is 0 Å². The molecule has 6 heteroatoms. The summed E-state index contributed by atoms with van der Waals surface area (Å²) in [5, 5.41) is 0. The molecule has 1 aromatic rings. The molecule has 0 fully saturated rings. The second-order valence-corrected chi connectivity index (χ2v) is 6.92. The quantitative estimate of drug-likeness (QED) is 0.785. The first-order chi connectivity index (χ1) is 9.08. The van der Waals surface area contributed by atoms with E-state index in [0.717, 1.165) is 29.8 Å². The summed E-state index contributed by atoms with van der Waals surface area (Å²) in [6.07, 6.45) is 2.19. The lowest BCUT2D eigenvalue weighted by atomic mass is 10.0. The third kappa shape index (κ3) is 3.15. The molecular formula is C13H18ClNO3S. The van der Waals surface area contributed by atoms with Crippen LogP contribution in [0.15, 0.2) is 18.2 Å². The van der Waals surface area contributed by atoms with Crippen molar-refractivity contribution in [1.82, 2.24) is 0 Å². The molecule has 0 saturated heterocycles. The normalized spacial score (nSPS) is 15.2. The van der Waals surface area contributed by atoms with Crippen LogP contribution >= 0.6 is 11.6 Å². The lowest BCUT2D eigenvalue weighted by molar-refractivity contribution is 0.414. The molecule has 0 unspecified atom stereocenters. The molecule has 106 valence electrons. The molecule has 19 heavy (non-hydrogen) atoms. The molecule has 1 aliphatic heterocycles. The maximum absolute atomic E-state index is 12.3. The number of benzene rings is 1. The molecule has 1 aliphatic rings. The Morgan fingerprint density at radius 2 is 2.21 bits per heavy atom. The summed E-state index contributed by atoms with van der Waals surface area (Å²) >= 11 is 5.59. The lowest BCUT2D eigenvalue weighted by Crippen LogP contribution is -2.37. The number of nitrogens with zero attached hydrogens (tertiary/aromatic N) is 1. The first kappa shape index (κ1) is 14.5. The van der Waals surface area contributed by atoms with Crippen LogP contribution in [0.1, 0.15) is 18.4 Å². The maximum atomic E-state index is 12.3. The van der Waals surface area contributed by atoms with E-state index in [0.29, 0.717) is 18.8 Å². The van der Waals surface area contributed by atoms with E-state index in [2.05, 4.69) is 0 Å². The van der Waals surface area contributed by atoms with Crippen LogP contribution in [0.5, 0.6) is 5.75 Å². The van der Waals surface area contributed by atoms with E-state index in [1.165, 1.54) is 4.31 Å². The Labute approximate surface area is 119 Å². The Balaban J connectivity index is 2.32. The number of methoxy groups -OCH3 is 1. The summed E-state index contributed by atoms with van der Waals surface area (Å²) in [7, 11) is -1.66. The monoisotopic (exact) mass is 303 g/mol. The second kappa shape index (κ2) is 6.01. The van der Waals surface area contributed by atoms with Gasteiger partial charge in [-0.2, -0.15) is 0 Å². The van der Waals surface area contributed by atoms with E-state index in [-0.39, 0.29) is 5.75 Å². The van der Waals surface area contributed by atoms with Crippen LogP contribution in [-0.4, -0.2) is 33.7 Å². The van der Waals surface area contributed by atoms with Gasteiger partial charge in [0, 0.05) is 12.4 Å². The highest BCUT2D eigenvalue weighted by atomic mass is 35.5. The highest BCUT2D eigenvalue weighted by molar-refractivity contribution is 7.92. The number of anilines is 1. The van der Waals surface area contributed by atoms with Gasteiger partial charge in [0.2, 0.25) is 10.0 Å². The Morgan fingerprint density at radius 1 is 1.42 bits per heavy atom. The number of ether oxygens (including phenoxy) is 1. The Bertz CT molecular complexity index is 545. The molecule has 0 bridgehead atoms. The molecule has 2 rings (SSSR count). The van der Waals surface area contributed by atoms with Crippen LogP contribution in [0.25, 0.3) is 0 Å². The first-order valence-electron chi connectivity index (χ1n) is 6.32. The standard InChI is InChI=1S/C13H18ClNO3S/c1-18-12-5-6-13-11(10-12)4-2-8-15(13)19(16,17)9-3-7-14/h5-6,10H,2-4,7-9H2,1H3. The number of hydrogen-bond acceptors (Lipinski definition) is 3. The van der Waals surface area contributed by atoms with Gasteiger partial charge in [-0.05, 0) is 43.0 Å². The van der Waals surface area contributed by atoms with Gasteiger partial charge in [-0.1, -0.05) is 0 Å². The van der Waals surface area contributed by atoms with Crippen LogP contribution in [0.2, 0.25) is 0 Å². The summed E-state index contributed by atoms with van der Waals surface area (Å²) < 4.78 is 31.3. The molecule has 0 aromatic heterocycles. The fourth-order valence-corrected chi connectivity index (χ4v) is 4.21. The van der Waals surface area contributed by atoms with Crippen molar-refractivity contribution in [3.8, 4) is 5.75 Å². The fourth-order valence-electron chi connectivity index (χ4n) is 2.30. The number of rotatable bonds is 5. The summed E-state index contributed by atoms with van der Waals surface area (Å²) in [6.45, 7) is 0.546. The molecule has 0 N–H and O–H groups in total. The minimum absolute atomic E-state index is 0.0992. The molecule has 0 aliphatic carbocycles. The van der Waals surface area contributed by atoms with Crippen molar-refractivity contribution in [2.45, 2.75) is 19.3 Å². The van der Waals surface area contributed by atoms with Gasteiger partial charge in [-0.3, -0.25) is 4.31 Å². The van der Waals surface area contributed by atoms with Crippen molar-refractivity contribution < 1.29 is 13.2 Å². The van der Waals surface area contributed by atoms with Gasteiger partial charge in [0.05, 0.1) is 18.6 Å². The number of sulfonamides is 1.